The van der Waals surface area contributed by atoms with Crippen molar-refractivity contribution in [3.05, 3.63) is 47.2 Å². The quantitative estimate of drug-likeness (QED) is 0.823. The van der Waals surface area contributed by atoms with Crippen molar-refractivity contribution in [3.63, 3.8) is 0 Å². The standard InChI is InChI=1S/C18H19F2N5O/c1-18(19,20)15-4-5-22-9-11(15)2-3-16-23-10-12(8-21)17(25-16)24-13-6-14(26)7-13/h4-5,9-10,13-14,26H,2-3,6-7H2,1H3,(H,23,24,25). The molecule has 2 heterocycles. The van der Waals surface area contributed by atoms with Crippen LogP contribution < -0.4 is 5.32 Å². The van der Waals surface area contributed by atoms with E-state index in [0.29, 0.717) is 48.5 Å². The van der Waals surface area contributed by atoms with Gasteiger partial charge in [0.2, 0.25) is 0 Å². The predicted octanol–water partition coefficient (Wildman–Crippen LogP) is 2.58. The third-order valence-corrected chi connectivity index (χ3v) is 4.41. The van der Waals surface area contributed by atoms with Crippen LogP contribution in [-0.4, -0.2) is 32.2 Å². The molecular weight excluding hydrogens is 340 g/mol. The largest absolute Gasteiger partial charge is 0.393 e. The number of aryl methyl sites for hydroxylation is 2. The van der Waals surface area contributed by atoms with Gasteiger partial charge in [-0.1, -0.05) is 0 Å². The number of anilines is 1. The minimum Gasteiger partial charge on any atom is -0.393 e. The third kappa shape index (κ3) is 4.11. The molecule has 0 bridgehead atoms. The van der Waals surface area contributed by atoms with Crippen molar-refractivity contribution < 1.29 is 13.9 Å². The second-order valence-corrected chi connectivity index (χ2v) is 6.55. The Kier molecular flexibility index (Phi) is 5.09. The smallest absolute Gasteiger partial charge is 0.270 e. The lowest BCUT2D eigenvalue weighted by Gasteiger charge is -2.32. The van der Waals surface area contributed by atoms with Gasteiger partial charge in [-0.05, 0) is 30.9 Å². The second-order valence-electron chi connectivity index (χ2n) is 6.55. The number of aliphatic hydroxyl groups excluding tert-OH is 1. The van der Waals surface area contributed by atoms with Crippen LogP contribution in [0.3, 0.4) is 0 Å². The molecule has 0 aromatic carbocycles. The van der Waals surface area contributed by atoms with E-state index in [9.17, 15) is 19.1 Å². The van der Waals surface area contributed by atoms with E-state index < -0.39 is 5.92 Å². The summed E-state index contributed by atoms with van der Waals surface area (Å²) in [5, 5.41) is 21.7. The number of pyridine rings is 1. The maximum Gasteiger partial charge on any atom is 0.270 e. The Morgan fingerprint density at radius 2 is 2.12 bits per heavy atom. The summed E-state index contributed by atoms with van der Waals surface area (Å²) < 4.78 is 27.4. The molecular formula is C18H19F2N5O. The van der Waals surface area contributed by atoms with Crippen LogP contribution in [0.5, 0.6) is 0 Å². The number of aromatic nitrogens is 3. The zero-order chi connectivity index (χ0) is 18.7. The van der Waals surface area contributed by atoms with Crippen molar-refractivity contribution in [2.75, 3.05) is 5.32 Å². The number of rotatable bonds is 6. The molecule has 6 nitrogen and oxygen atoms in total. The molecule has 0 atom stereocenters. The Morgan fingerprint density at radius 1 is 1.35 bits per heavy atom. The third-order valence-electron chi connectivity index (χ3n) is 4.41. The Balaban J connectivity index is 1.74. The molecule has 0 amide bonds. The van der Waals surface area contributed by atoms with Crippen molar-refractivity contribution in [2.45, 2.75) is 50.7 Å². The van der Waals surface area contributed by atoms with E-state index >= 15 is 0 Å². The molecule has 2 aromatic heterocycles. The summed E-state index contributed by atoms with van der Waals surface area (Å²) >= 11 is 0. The number of halogens is 2. The topological polar surface area (TPSA) is 94.7 Å². The molecule has 0 spiro atoms. The summed E-state index contributed by atoms with van der Waals surface area (Å²) in [5.74, 6) is -2.07. The number of hydrogen-bond acceptors (Lipinski definition) is 6. The average Bonchev–Trinajstić information content (AvgIpc) is 2.58. The molecule has 3 rings (SSSR count). The van der Waals surface area contributed by atoms with Gasteiger partial charge in [-0.25, -0.2) is 18.7 Å². The second kappa shape index (κ2) is 7.30. The van der Waals surface area contributed by atoms with Crippen LogP contribution in [0, 0.1) is 11.3 Å². The molecule has 0 saturated heterocycles. The zero-order valence-corrected chi connectivity index (χ0v) is 14.3. The van der Waals surface area contributed by atoms with E-state index in [-0.39, 0.29) is 17.7 Å². The summed E-state index contributed by atoms with van der Waals surface area (Å²) in [4.78, 5) is 12.4. The summed E-state index contributed by atoms with van der Waals surface area (Å²) in [6.45, 7) is 0.860. The van der Waals surface area contributed by atoms with E-state index in [1.54, 1.807) is 0 Å². The highest BCUT2D eigenvalue weighted by molar-refractivity contribution is 5.51. The first kappa shape index (κ1) is 18.1. The molecule has 2 N–H and O–H groups in total. The molecule has 0 radical (unpaired) electrons. The van der Waals surface area contributed by atoms with Crippen molar-refractivity contribution in [3.8, 4) is 6.07 Å². The van der Waals surface area contributed by atoms with Gasteiger partial charge < -0.3 is 10.4 Å². The molecule has 1 saturated carbocycles. The van der Waals surface area contributed by atoms with Crippen LogP contribution >= 0.6 is 0 Å². The van der Waals surface area contributed by atoms with E-state index in [2.05, 4.69) is 20.3 Å². The fourth-order valence-electron chi connectivity index (χ4n) is 2.93. The predicted molar refractivity (Wildman–Crippen MR) is 90.6 cm³/mol. The van der Waals surface area contributed by atoms with Gasteiger partial charge in [-0.15, -0.1) is 0 Å². The molecule has 26 heavy (non-hydrogen) atoms. The molecule has 1 fully saturated rings. The molecule has 8 heteroatoms. The van der Waals surface area contributed by atoms with Gasteiger partial charge >= 0.3 is 0 Å². The van der Waals surface area contributed by atoms with Gasteiger partial charge in [0.1, 0.15) is 23.3 Å². The van der Waals surface area contributed by atoms with Gasteiger partial charge in [0, 0.05) is 37.3 Å². The maximum atomic E-state index is 13.7. The summed E-state index contributed by atoms with van der Waals surface area (Å²) in [6, 6.07) is 3.43. The van der Waals surface area contributed by atoms with Crippen molar-refractivity contribution in [1.82, 2.24) is 15.0 Å². The molecule has 0 unspecified atom stereocenters. The highest BCUT2D eigenvalue weighted by Gasteiger charge is 2.29. The number of aliphatic hydroxyl groups is 1. The van der Waals surface area contributed by atoms with E-state index in [1.807, 2.05) is 6.07 Å². The van der Waals surface area contributed by atoms with Crippen LogP contribution in [0.4, 0.5) is 14.6 Å². The Labute approximate surface area is 149 Å². The normalized spacial score (nSPS) is 19.5. The van der Waals surface area contributed by atoms with Crippen molar-refractivity contribution >= 4 is 5.82 Å². The monoisotopic (exact) mass is 359 g/mol. The van der Waals surface area contributed by atoms with E-state index in [1.165, 1.54) is 24.7 Å². The molecule has 2 aromatic rings. The van der Waals surface area contributed by atoms with Crippen LogP contribution in [0.25, 0.3) is 0 Å². The minimum atomic E-state index is -2.94. The SMILES string of the molecule is CC(F)(F)c1ccncc1CCc1ncc(C#N)c(NC2CC(O)C2)n1. The minimum absolute atomic E-state index is 0.0528. The van der Waals surface area contributed by atoms with Crippen LogP contribution in [0.15, 0.2) is 24.7 Å². The van der Waals surface area contributed by atoms with Gasteiger partial charge in [0.25, 0.3) is 5.92 Å². The Bertz CT molecular complexity index is 825. The Morgan fingerprint density at radius 3 is 2.77 bits per heavy atom. The first-order chi connectivity index (χ1) is 12.4. The van der Waals surface area contributed by atoms with Crippen molar-refractivity contribution in [1.29, 1.82) is 5.26 Å². The molecule has 136 valence electrons. The van der Waals surface area contributed by atoms with Crippen LogP contribution in [-0.2, 0) is 18.8 Å². The Hall–Kier alpha value is -2.66. The van der Waals surface area contributed by atoms with Gasteiger partial charge in [0.05, 0.1) is 12.3 Å². The number of nitrogens with one attached hydrogen (secondary N) is 1. The highest BCUT2D eigenvalue weighted by atomic mass is 19.3. The van der Waals surface area contributed by atoms with Gasteiger partial charge in [-0.3, -0.25) is 4.98 Å². The first-order valence-corrected chi connectivity index (χ1v) is 8.38. The first-order valence-electron chi connectivity index (χ1n) is 8.38. The van der Waals surface area contributed by atoms with Gasteiger partial charge in [0.15, 0.2) is 0 Å². The molecule has 1 aliphatic rings. The highest BCUT2D eigenvalue weighted by Crippen LogP contribution is 2.30. The number of nitriles is 1. The summed E-state index contributed by atoms with van der Waals surface area (Å²) in [6.07, 6.45) is 5.78. The lowest BCUT2D eigenvalue weighted by atomic mass is 9.89. The average molecular weight is 359 g/mol. The lowest BCUT2D eigenvalue weighted by molar-refractivity contribution is 0.0164. The number of nitrogens with zero attached hydrogens (tertiary/aromatic N) is 4. The van der Waals surface area contributed by atoms with Crippen LogP contribution in [0.1, 0.15) is 42.3 Å². The lowest BCUT2D eigenvalue weighted by Crippen LogP contribution is -2.39. The fourth-order valence-corrected chi connectivity index (χ4v) is 2.93. The number of hydrogen-bond donors (Lipinski definition) is 2. The number of alkyl halides is 2. The maximum absolute atomic E-state index is 13.7. The van der Waals surface area contributed by atoms with E-state index in [0.717, 1.165) is 6.92 Å². The fraction of sp³-hybridized carbons (Fsp3) is 0.444. The molecule has 0 aliphatic heterocycles. The summed E-state index contributed by atoms with van der Waals surface area (Å²) in [7, 11) is 0. The van der Waals surface area contributed by atoms with E-state index in [4.69, 9.17) is 0 Å². The zero-order valence-electron chi connectivity index (χ0n) is 14.3. The summed E-state index contributed by atoms with van der Waals surface area (Å²) in [5.41, 5.74) is 0.713. The molecule has 1 aliphatic carbocycles. The van der Waals surface area contributed by atoms with Gasteiger partial charge in [-0.2, -0.15) is 5.26 Å². The van der Waals surface area contributed by atoms with Crippen LogP contribution in [0.2, 0.25) is 0 Å². The van der Waals surface area contributed by atoms with Crippen molar-refractivity contribution in [2.24, 2.45) is 0 Å².